The molecule has 12 heavy (non-hydrogen) atoms. The number of carbonyl (C=O) groups is 1. The van der Waals surface area contributed by atoms with E-state index in [9.17, 15) is 4.79 Å². The minimum atomic E-state index is -0.491. The molecule has 3 nitrogen and oxygen atoms in total. The van der Waals surface area contributed by atoms with Crippen molar-refractivity contribution < 1.29 is 13.9 Å². The fraction of sp³-hybridized carbons (Fsp3) is 0.125. The molecule has 0 saturated carbocycles. The predicted molar refractivity (Wildman–Crippen MR) is 44.0 cm³/mol. The van der Waals surface area contributed by atoms with Gasteiger partial charge in [-0.05, 0) is 18.2 Å². The van der Waals surface area contributed by atoms with Gasteiger partial charge in [-0.2, -0.15) is 0 Å². The molecular weight excluding hydrogens is 180 g/mol. The molecule has 0 aliphatic carbocycles. The van der Waals surface area contributed by atoms with Crippen LogP contribution in [0.2, 0.25) is 0 Å². The molecule has 0 aromatic carbocycles. The van der Waals surface area contributed by atoms with E-state index < -0.39 is 5.97 Å². The molecule has 1 heterocycles. The summed E-state index contributed by atoms with van der Waals surface area (Å²) in [6, 6.07) is 3.15. The van der Waals surface area contributed by atoms with Crippen LogP contribution in [0.15, 0.2) is 34.4 Å². The predicted octanol–water partition coefficient (Wildman–Crippen LogP) is 2.19. The van der Waals surface area contributed by atoms with Crippen molar-refractivity contribution >= 4 is 17.6 Å². The summed E-state index contributed by atoms with van der Waals surface area (Å²) in [5.74, 6) is -0.298. The van der Waals surface area contributed by atoms with Crippen molar-refractivity contribution in [3.05, 3.63) is 35.8 Å². The number of ether oxygens (including phenoxy) is 1. The highest BCUT2D eigenvalue weighted by molar-refractivity contribution is 6.25. The number of furan rings is 1. The number of rotatable bonds is 3. The molecule has 0 bridgehead atoms. The average molecular weight is 187 g/mol. The Morgan fingerprint density at radius 1 is 1.75 bits per heavy atom. The fourth-order valence-electron chi connectivity index (χ4n) is 0.626. The zero-order chi connectivity index (χ0) is 8.81. The maximum absolute atomic E-state index is 11.0. The Morgan fingerprint density at radius 3 is 3.17 bits per heavy atom. The summed E-state index contributed by atoms with van der Waals surface area (Å²) in [6.07, 6.45) is 2.93. The number of carbonyl (C=O) groups excluding carboxylic acids is 1. The van der Waals surface area contributed by atoms with Gasteiger partial charge in [-0.15, -0.1) is 0 Å². The van der Waals surface area contributed by atoms with E-state index in [1.807, 2.05) is 0 Å². The second-order valence-corrected chi connectivity index (χ2v) is 2.19. The summed E-state index contributed by atoms with van der Waals surface area (Å²) >= 11 is 5.21. The molecule has 1 aromatic heterocycles. The van der Waals surface area contributed by atoms with Gasteiger partial charge in [0.15, 0.2) is 0 Å². The molecule has 4 heteroatoms. The van der Waals surface area contributed by atoms with Gasteiger partial charge in [0, 0.05) is 5.54 Å². The van der Waals surface area contributed by atoms with Crippen molar-refractivity contribution in [2.24, 2.45) is 0 Å². The summed E-state index contributed by atoms with van der Waals surface area (Å²) in [7, 11) is 0. The standard InChI is InChI=1S/C8H7ClO3/c9-4-2-6-12-8(10)7-3-1-5-11-7/h1-5H,6H2/b4-2+. The average Bonchev–Trinajstić information content (AvgIpc) is 2.56. The number of hydrogen-bond acceptors (Lipinski definition) is 3. The maximum Gasteiger partial charge on any atom is 0.374 e. The van der Waals surface area contributed by atoms with E-state index >= 15 is 0 Å². The van der Waals surface area contributed by atoms with Gasteiger partial charge in [0.1, 0.15) is 6.61 Å². The largest absolute Gasteiger partial charge is 0.457 e. The summed E-state index contributed by atoms with van der Waals surface area (Å²) in [5.41, 5.74) is 1.29. The first-order chi connectivity index (χ1) is 5.84. The lowest BCUT2D eigenvalue weighted by atomic mass is 10.5. The van der Waals surface area contributed by atoms with E-state index in [1.54, 1.807) is 6.07 Å². The molecule has 1 rings (SSSR count). The van der Waals surface area contributed by atoms with Crippen LogP contribution in [0.3, 0.4) is 0 Å². The second kappa shape index (κ2) is 4.62. The van der Waals surface area contributed by atoms with Crippen LogP contribution in [-0.2, 0) is 4.74 Å². The van der Waals surface area contributed by atoms with Crippen molar-refractivity contribution in [3.63, 3.8) is 0 Å². The van der Waals surface area contributed by atoms with Gasteiger partial charge in [0.2, 0.25) is 5.76 Å². The van der Waals surface area contributed by atoms with Crippen LogP contribution in [0.4, 0.5) is 0 Å². The molecule has 1 aromatic rings. The first-order valence-electron chi connectivity index (χ1n) is 3.30. The van der Waals surface area contributed by atoms with Crippen molar-refractivity contribution in [2.45, 2.75) is 0 Å². The molecule has 64 valence electrons. The van der Waals surface area contributed by atoms with Crippen molar-refractivity contribution in [1.29, 1.82) is 0 Å². The monoisotopic (exact) mass is 186 g/mol. The molecule has 0 N–H and O–H groups in total. The Hall–Kier alpha value is -1.22. The van der Waals surface area contributed by atoms with Gasteiger partial charge in [0.05, 0.1) is 6.26 Å². The summed E-state index contributed by atoms with van der Waals surface area (Å²) in [6.45, 7) is 0.156. The van der Waals surface area contributed by atoms with E-state index in [-0.39, 0.29) is 12.4 Å². The van der Waals surface area contributed by atoms with Gasteiger partial charge in [-0.25, -0.2) is 4.79 Å². The van der Waals surface area contributed by atoms with Crippen LogP contribution in [0.1, 0.15) is 10.6 Å². The molecule has 0 radical (unpaired) electrons. The first-order valence-corrected chi connectivity index (χ1v) is 3.74. The third kappa shape index (κ3) is 2.43. The highest BCUT2D eigenvalue weighted by Crippen LogP contribution is 2.01. The molecule has 0 unspecified atom stereocenters. The second-order valence-electron chi connectivity index (χ2n) is 1.94. The van der Waals surface area contributed by atoms with E-state index in [0.717, 1.165) is 0 Å². The van der Waals surface area contributed by atoms with Gasteiger partial charge < -0.3 is 9.15 Å². The van der Waals surface area contributed by atoms with Crippen LogP contribution in [-0.4, -0.2) is 12.6 Å². The molecule has 0 aliphatic heterocycles. The highest BCUT2D eigenvalue weighted by atomic mass is 35.5. The lowest BCUT2D eigenvalue weighted by Crippen LogP contribution is -2.03. The maximum atomic E-state index is 11.0. The lowest BCUT2D eigenvalue weighted by molar-refractivity contribution is 0.0513. The normalized spacial score (nSPS) is 10.4. The van der Waals surface area contributed by atoms with Crippen LogP contribution in [0.25, 0.3) is 0 Å². The number of esters is 1. The summed E-state index contributed by atoms with van der Waals surface area (Å²) in [5, 5.41) is 0. The molecule has 0 spiro atoms. The third-order valence-electron chi connectivity index (χ3n) is 1.12. The lowest BCUT2D eigenvalue weighted by Gasteiger charge is -1.96. The Labute approximate surface area is 74.6 Å². The van der Waals surface area contributed by atoms with Crippen molar-refractivity contribution in [1.82, 2.24) is 0 Å². The molecule has 0 saturated heterocycles. The quantitative estimate of drug-likeness (QED) is 0.680. The van der Waals surface area contributed by atoms with Crippen LogP contribution < -0.4 is 0 Å². The molecule has 0 aliphatic rings. The summed E-state index contributed by atoms with van der Waals surface area (Å²) < 4.78 is 9.52. The van der Waals surface area contributed by atoms with Gasteiger partial charge in [-0.1, -0.05) is 11.6 Å². The molecule has 0 fully saturated rings. The van der Waals surface area contributed by atoms with Crippen LogP contribution in [0, 0.1) is 0 Å². The molecule has 0 amide bonds. The Balaban J connectivity index is 2.40. The first kappa shape index (κ1) is 8.87. The number of hydrogen-bond donors (Lipinski definition) is 0. The summed E-state index contributed by atoms with van der Waals surface area (Å²) in [4.78, 5) is 11.0. The third-order valence-corrected chi connectivity index (χ3v) is 1.30. The van der Waals surface area contributed by atoms with Gasteiger partial charge >= 0.3 is 5.97 Å². The van der Waals surface area contributed by atoms with E-state index in [1.165, 1.54) is 23.9 Å². The Bertz CT molecular complexity index is 264. The van der Waals surface area contributed by atoms with Gasteiger partial charge in [-0.3, -0.25) is 0 Å². The fourth-order valence-corrected chi connectivity index (χ4v) is 0.699. The zero-order valence-electron chi connectivity index (χ0n) is 6.20. The Kier molecular flexibility index (Phi) is 3.41. The molecular formula is C8H7ClO3. The van der Waals surface area contributed by atoms with E-state index in [0.29, 0.717) is 0 Å². The van der Waals surface area contributed by atoms with Crippen LogP contribution in [0.5, 0.6) is 0 Å². The topological polar surface area (TPSA) is 39.4 Å². The van der Waals surface area contributed by atoms with E-state index in [2.05, 4.69) is 0 Å². The minimum absolute atomic E-state index is 0.156. The minimum Gasteiger partial charge on any atom is -0.457 e. The SMILES string of the molecule is O=C(OC/C=C/Cl)c1ccco1. The molecule has 0 atom stereocenters. The van der Waals surface area contributed by atoms with Crippen molar-refractivity contribution in [3.8, 4) is 0 Å². The highest BCUT2D eigenvalue weighted by Gasteiger charge is 2.07. The van der Waals surface area contributed by atoms with Crippen LogP contribution >= 0.6 is 11.6 Å². The Morgan fingerprint density at radius 2 is 2.58 bits per heavy atom. The van der Waals surface area contributed by atoms with Gasteiger partial charge in [0.25, 0.3) is 0 Å². The van der Waals surface area contributed by atoms with E-state index in [4.69, 9.17) is 20.8 Å². The van der Waals surface area contributed by atoms with Crippen molar-refractivity contribution in [2.75, 3.05) is 6.61 Å². The number of halogens is 1. The zero-order valence-corrected chi connectivity index (χ0v) is 6.95. The smallest absolute Gasteiger partial charge is 0.374 e.